The van der Waals surface area contributed by atoms with E-state index in [9.17, 15) is 55.9 Å². The molecule has 262 valence electrons. The fourth-order valence-electron chi connectivity index (χ4n) is 10.9. The van der Waals surface area contributed by atoms with Crippen LogP contribution in [0.15, 0.2) is 11.6 Å². The second-order valence-corrected chi connectivity index (χ2v) is 16.0. The highest BCUT2D eigenvalue weighted by molar-refractivity contribution is 5.92. The van der Waals surface area contributed by atoms with Crippen molar-refractivity contribution in [2.75, 3.05) is 19.8 Å². The molecule has 1 aliphatic heterocycles. The van der Waals surface area contributed by atoms with E-state index < -0.39 is 108 Å². The average Bonchev–Trinajstić information content (AvgIpc) is 3.64. The van der Waals surface area contributed by atoms with Crippen LogP contribution in [0, 0.1) is 45.8 Å². The Morgan fingerprint density at radius 1 is 1.00 bits per heavy atom. The molecule has 10 N–H and O–H groups in total. The Bertz CT molecular complexity index is 1210. The number of aliphatic hydroxyl groups is 10. The van der Waals surface area contributed by atoms with E-state index in [2.05, 4.69) is 6.08 Å². The van der Waals surface area contributed by atoms with Crippen molar-refractivity contribution in [3.05, 3.63) is 11.6 Å². The zero-order valence-corrected chi connectivity index (χ0v) is 26.7. The lowest BCUT2D eigenvalue weighted by molar-refractivity contribution is -0.304. The maximum absolute atomic E-state index is 14.1. The molecule has 13 heteroatoms. The van der Waals surface area contributed by atoms with Crippen molar-refractivity contribution in [1.82, 2.24) is 0 Å². The van der Waals surface area contributed by atoms with E-state index in [1.54, 1.807) is 0 Å². The van der Waals surface area contributed by atoms with Gasteiger partial charge in [0.15, 0.2) is 12.1 Å². The molecule has 13 nitrogen and oxygen atoms in total. The highest BCUT2D eigenvalue weighted by Crippen LogP contribution is 2.68. The number of allylic oxidation sites excluding steroid dienone is 1. The Morgan fingerprint density at radius 3 is 2.35 bits per heavy atom. The Morgan fingerprint density at radius 2 is 1.70 bits per heavy atom. The third kappa shape index (κ3) is 4.99. The second-order valence-electron chi connectivity index (χ2n) is 16.0. The van der Waals surface area contributed by atoms with Gasteiger partial charge >= 0.3 is 0 Å². The topological polar surface area (TPSA) is 238 Å². The predicted molar refractivity (Wildman–Crippen MR) is 158 cm³/mol. The minimum absolute atomic E-state index is 0.123. The van der Waals surface area contributed by atoms with Crippen molar-refractivity contribution in [3.8, 4) is 0 Å². The van der Waals surface area contributed by atoms with Crippen LogP contribution in [0.4, 0.5) is 0 Å². The van der Waals surface area contributed by atoms with Gasteiger partial charge in [0.1, 0.15) is 30.0 Å². The number of ether oxygens (including phenoxy) is 2. The highest BCUT2D eigenvalue weighted by atomic mass is 16.7. The Labute approximate surface area is 268 Å². The molecule has 6 rings (SSSR count). The number of fused-ring (bicyclic) bond motifs is 5. The molecule has 5 aliphatic carbocycles. The summed E-state index contributed by atoms with van der Waals surface area (Å²) in [5, 5.41) is 107. The molecular formula is C33H52O13. The van der Waals surface area contributed by atoms with Gasteiger partial charge in [-0.15, -0.1) is 0 Å². The standard InChI is InChI=1S/C33H52O13/c1-30-10-20(38)23-16(5-4-14-6-15(36)7-22(39)31(14,23)2)17(30)8-19(37)27(30)32(3,44)28(43)18-9-33(18,12-35)13-45-29-26(42)25(41)24(40)21(11-34)46-29/h4,15-27,29,34-42,44H,5-13H2,1-3H3/t15-,16+,17+,18-,19-,20+,21-,22+,23-,24-,25+,26-,27+,29-,30+,31-,32+,33-/m0/s1. The lowest BCUT2D eigenvalue weighted by atomic mass is 9.45. The highest BCUT2D eigenvalue weighted by Gasteiger charge is 2.71. The van der Waals surface area contributed by atoms with E-state index in [4.69, 9.17) is 9.47 Å². The number of hydrogen-bond acceptors (Lipinski definition) is 13. The Kier molecular flexibility index (Phi) is 8.90. The molecule has 0 aromatic heterocycles. The summed E-state index contributed by atoms with van der Waals surface area (Å²) >= 11 is 0. The van der Waals surface area contributed by atoms with Crippen LogP contribution in [0.3, 0.4) is 0 Å². The van der Waals surface area contributed by atoms with E-state index >= 15 is 0 Å². The van der Waals surface area contributed by atoms with Crippen molar-refractivity contribution in [2.24, 2.45) is 45.8 Å². The number of hydrogen-bond donors (Lipinski definition) is 10. The van der Waals surface area contributed by atoms with Crippen LogP contribution in [0.2, 0.25) is 0 Å². The molecular weight excluding hydrogens is 604 g/mol. The van der Waals surface area contributed by atoms with E-state index in [1.165, 1.54) is 6.92 Å². The first-order chi connectivity index (χ1) is 21.5. The van der Waals surface area contributed by atoms with Crippen LogP contribution in [-0.2, 0) is 14.3 Å². The quantitative estimate of drug-likeness (QED) is 0.127. The number of rotatable bonds is 8. The van der Waals surface area contributed by atoms with Crippen LogP contribution in [0.1, 0.15) is 59.3 Å². The van der Waals surface area contributed by atoms with E-state index in [0.29, 0.717) is 19.3 Å². The van der Waals surface area contributed by atoms with Gasteiger partial charge in [0.25, 0.3) is 0 Å². The first kappa shape index (κ1) is 34.8. The van der Waals surface area contributed by atoms with Crippen molar-refractivity contribution in [2.45, 2.75) is 120 Å². The average molecular weight is 657 g/mol. The molecule has 0 unspecified atom stereocenters. The van der Waals surface area contributed by atoms with Gasteiger partial charge in [0.05, 0.1) is 44.2 Å². The molecule has 46 heavy (non-hydrogen) atoms. The number of ketones is 1. The summed E-state index contributed by atoms with van der Waals surface area (Å²) < 4.78 is 11.1. The van der Waals surface area contributed by atoms with Crippen LogP contribution in [0.5, 0.6) is 0 Å². The zero-order valence-electron chi connectivity index (χ0n) is 26.7. The lowest BCUT2D eigenvalue weighted by Crippen LogP contribution is -2.62. The zero-order chi connectivity index (χ0) is 33.7. The van der Waals surface area contributed by atoms with Crippen molar-refractivity contribution in [3.63, 3.8) is 0 Å². The molecule has 18 atom stereocenters. The third-order valence-electron chi connectivity index (χ3n) is 13.5. The van der Waals surface area contributed by atoms with Crippen LogP contribution < -0.4 is 0 Å². The van der Waals surface area contributed by atoms with Gasteiger partial charge in [-0.1, -0.05) is 25.5 Å². The number of aliphatic hydroxyl groups excluding tert-OH is 9. The third-order valence-corrected chi connectivity index (χ3v) is 13.5. The summed E-state index contributed by atoms with van der Waals surface area (Å²) in [6.45, 7) is 3.85. The Balaban J connectivity index is 1.20. The fourth-order valence-corrected chi connectivity index (χ4v) is 10.9. The first-order valence-corrected chi connectivity index (χ1v) is 16.7. The van der Waals surface area contributed by atoms with Crippen molar-refractivity contribution >= 4 is 5.78 Å². The summed E-state index contributed by atoms with van der Waals surface area (Å²) in [6, 6.07) is 0. The smallest absolute Gasteiger partial charge is 0.186 e. The minimum atomic E-state index is -2.03. The molecule has 0 radical (unpaired) electrons. The maximum Gasteiger partial charge on any atom is 0.186 e. The van der Waals surface area contributed by atoms with Crippen molar-refractivity contribution in [1.29, 1.82) is 0 Å². The summed E-state index contributed by atoms with van der Waals surface area (Å²) in [6.07, 6.45) is -6.93. The summed E-state index contributed by atoms with van der Waals surface area (Å²) in [5.74, 6) is -2.95. The van der Waals surface area contributed by atoms with Crippen molar-refractivity contribution < 1.29 is 65.3 Å². The van der Waals surface area contributed by atoms with Gasteiger partial charge in [0, 0.05) is 29.1 Å². The van der Waals surface area contributed by atoms with Crippen LogP contribution in [-0.4, -0.2) is 137 Å². The summed E-state index contributed by atoms with van der Waals surface area (Å²) in [7, 11) is 0. The van der Waals surface area contributed by atoms with Gasteiger partial charge in [-0.05, 0) is 62.2 Å². The van der Waals surface area contributed by atoms with Gasteiger partial charge < -0.3 is 60.5 Å². The molecule has 6 aliphatic rings. The normalized spacial score (nSPS) is 54.6. The SMILES string of the molecule is C[C@@]12C[C@@H](O)[C@@H]3[C@H](CC=C4C[C@H](O)C[C@@H](O)[C@]43C)[C@H]1C[C@H](O)[C@H]2[C@@](C)(O)C(=O)[C@@H]1C[C@]1(CO)CO[C@H]1O[C@@H](CO)[C@H](O)[C@@H](O)[C@@H]1O. The van der Waals surface area contributed by atoms with E-state index in [0.717, 1.165) is 5.57 Å². The minimum Gasteiger partial charge on any atom is -0.396 e. The second kappa shape index (κ2) is 11.8. The van der Waals surface area contributed by atoms with E-state index in [-0.39, 0.29) is 43.6 Å². The molecule has 1 saturated heterocycles. The number of Topliss-reactive ketones (excluding diaryl/α,β-unsaturated/α-hetero) is 1. The molecule has 0 amide bonds. The monoisotopic (exact) mass is 656 g/mol. The molecule has 4 saturated carbocycles. The van der Waals surface area contributed by atoms with Gasteiger partial charge in [-0.25, -0.2) is 0 Å². The number of carbonyl (C=O) groups is 1. The summed E-state index contributed by atoms with van der Waals surface area (Å²) in [4.78, 5) is 14.1. The molecule has 0 spiro atoms. The first-order valence-electron chi connectivity index (χ1n) is 16.7. The summed E-state index contributed by atoms with van der Waals surface area (Å²) in [5.41, 5.74) is -3.78. The van der Waals surface area contributed by atoms with Gasteiger partial charge in [-0.2, -0.15) is 0 Å². The Hall–Kier alpha value is -1.07. The largest absolute Gasteiger partial charge is 0.396 e. The predicted octanol–water partition coefficient (Wildman–Crippen LogP) is -2.03. The molecule has 5 fully saturated rings. The fraction of sp³-hybridized carbons (Fsp3) is 0.909. The number of carbonyl (C=O) groups excluding carboxylic acids is 1. The molecule has 0 bridgehead atoms. The van der Waals surface area contributed by atoms with Crippen LogP contribution >= 0.6 is 0 Å². The molecule has 0 aromatic rings. The molecule has 1 heterocycles. The van der Waals surface area contributed by atoms with Gasteiger partial charge in [-0.3, -0.25) is 4.79 Å². The van der Waals surface area contributed by atoms with Crippen LogP contribution in [0.25, 0.3) is 0 Å². The lowest BCUT2D eigenvalue weighted by Gasteiger charge is -2.61. The maximum atomic E-state index is 14.1. The van der Waals surface area contributed by atoms with E-state index in [1.807, 2.05) is 13.8 Å². The van der Waals surface area contributed by atoms with Gasteiger partial charge in [0.2, 0.25) is 0 Å². The molecule has 0 aromatic carbocycles.